The number of nitrogens with zero attached hydrogens (tertiary/aromatic N) is 2. The first-order valence-electron chi connectivity index (χ1n) is 9.16. The van der Waals surface area contributed by atoms with Crippen LogP contribution < -0.4 is 10.1 Å². The van der Waals surface area contributed by atoms with Gasteiger partial charge in [-0.1, -0.05) is 12.1 Å². The fourth-order valence-electron chi connectivity index (χ4n) is 3.31. The van der Waals surface area contributed by atoms with Gasteiger partial charge in [-0.15, -0.1) is 24.5 Å². The summed E-state index contributed by atoms with van der Waals surface area (Å²) in [5.74, 6) is -0.817. The zero-order valence-corrected chi connectivity index (χ0v) is 16.1. The minimum absolute atomic E-state index is 0.0328. The summed E-state index contributed by atoms with van der Waals surface area (Å²) in [7, 11) is 0. The number of alkyl halides is 3. The van der Waals surface area contributed by atoms with E-state index in [1.54, 1.807) is 23.2 Å². The molecule has 2 heterocycles. The third-order valence-electron chi connectivity index (χ3n) is 4.84. The van der Waals surface area contributed by atoms with Crippen LogP contribution in [0.15, 0.2) is 30.5 Å². The van der Waals surface area contributed by atoms with Gasteiger partial charge in [-0.2, -0.15) is 0 Å². The van der Waals surface area contributed by atoms with Crippen molar-refractivity contribution in [2.24, 2.45) is 5.92 Å². The van der Waals surface area contributed by atoms with Gasteiger partial charge < -0.3 is 15.0 Å². The number of nitrogens with one attached hydrogen (secondary N) is 1. The van der Waals surface area contributed by atoms with E-state index in [9.17, 15) is 22.8 Å². The van der Waals surface area contributed by atoms with E-state index >= 15 is 0 Å². The van der Waals surface area contributed by atoms with E-state index < -0.39 is 6.36 Å². The molecule has 1 aliphatic carbocycles. The Morgan fingerprint density at radius 2 is 2.00 bits per heavy atom. The Kier molecular flexibility index (Phi) is 5.20. The van der Waals surface area contributed by atoms with Crippen LogP contribution in [0.2, 0.25) is 0 Å². The summed E-state index contributed by atoms with van der Waals surface area (Å²) in [5.41, 5.74) is 0.794. The fourth-order valence-corrected chi connectivity index (χ4v) is 4.16. The second kappa shape index (κ2) is 7.66. The van der Waals surface area contributed by atoms with E-state index in [0.29, 0.717) is 24.1 Å². The molecule has 2 aliphatic rings. The summed E-state index contributed by atoms with van der Waals surface area (Å²) in [5, 5.41) is 3.21. The first kappa shape index (κ1) is 19.7. The van der Waals surface area contributed by atoms with E-state index in [4.69, 9.17) is 0 Å². The first-order valence-corrected chi connectivity index (χ1v) is 9.98. The second-order valence-electron chi connectivity index (χ2n) is 7.17. The van der Waals surface area contributed by atoms with Gasteiger partial charge in [0.1, 0.15) is 5.75 Å². The number of hydrogen-bond acceptors (Lipinski definition) is 5. The molecule has 1 saturated heterocycles. The van der Waals surface area contributed by atoms with Crippen molar-refractivity contribution in [2.45, 2.75) is 38.1 Å². The average molecular weight is 425 g/mol. The van der Waals surface area contributed by atoms with Gasteiger partial charge >= 0.3 is 6.36 Å². The monoisotopic (exact) mass is 425 g/mol. The Bertz CT molecular complexity index is 909. The Hall–Kier alpha value is -2.62. The number of carbonyl (C=O) groups excluding carboxylic acids is 2. The van der Waals surface area contributed by atoms with Crippen molar-refractivity contribution in [3.8, 4) is 5.75 Å². The molecular formula is C19H18F3N3O3S. The number of benzene rings is 1. The maximum Gasteiger partial charge on any atom is 0.573 e. The highest BCUT2D eigenvalue weighted by Crippen LogP contribution is 2.33. The molecule has 29 heavy (non-hydrogen) atoms. The van der Waals surface area contributed by atoms with Crippen LogP contribution in [0.5, 0.6) is 5.75 Å². The standard InChI is InChI=1S/C19H18F3N3O3S/c20-19(21,22)28-14-5-1-11(2-6-14)7-15-9-23-18(29-15)24-17(27)12-8-16(26)25(10-12)13-3-4-13/h1-2,5-6,9,12-13H,3-4,7-8,10H2,(H,23,24,27). The Morgan fingerprint density at radius 3 is 2.66 bits per heavy atom. The number of amides is 2. The molecule has 1 aromatic carbocycles. The van der Waals surface area contributed by atoms with E-state index in [0.717, 1.165) is 23.3 Å². The number of ether oxygens (including phenoxy) is 1. The van der Waals surface area contributed by atoms with Gasteiger partial charge in [0.2, 0.25) is 11.8 Å². The average Bonchev–Trinajstić information content (AvgIpc) is 3.27. The Balaban J connectivity index is 1.31. The molecule has 1 aromatic heterocycles. The Morgan fingerprint density at radius 1 is 1.28 bits per heavy atom. The highest BCUT2D eigenvalue weighted by atomic mass is 32.1. The van der Waals surface area contributed by atoms with Crippen LogP contribution >= 0.6 is 11.3 Å². The van der Waals surface area contributed by atoms with E-state index in [1.165, 1.54) is 23.5 Å². The summed E-state index contributed by atoms with van der Waals surface area (Å²) >= 11 is 1.30. The molecule has 0 bridgehead atoms. The van der Waals surface area contributed by atoms with Crippen LogP contribution in [0, 0.1) is 5.92 Å². The molecule has 1 N–H and O–H groups in total. The second-order valence-corrected chi connectivity index (χ2v) is 8.28. The van der Waals surface area contributed by atoms with Crippen LogP contribution in [0.1, 0.15) is 29.7 Å². The first-order chi connectivity index (χ1) is 13.8. The molecule has 0 radical (unpaired) electrons. The number of thiazole rings is 1. The number of carbonyl (C=O) groups is 2. The SMILES string of the molecule is O=C(Nc1ncc(Cc2ccc(OC(F)(F)F)cc2)s1)C1CC(=O)N(C2CC2)C1. The number of anilines is 1. The zero-order valence-electron chi connectivity index (χ0n) is 15.2. The number of hydrogen-bond donors (Lipinski definition) is 1. The number of rotatable bonds is 6. The number of aromatic nitrogens is 1. The van der Waals surface area contributed by atoms with E-state index in [-0.39, 0.29) is 29.9 Å². The molecule has 10 heteroatoms. The molecule has 1 unspecified atom stereocenters. The molecule has 6 nitrogen and oxygen atoms in total. The van der Waals surface area contributed by atoms with Crippen molar-refractivity contribution in [3.05, 3.63) is 40.9 Å². The van der Waals surface area contributed by atoms with Crippen LogP contribution in [-0.2, 0) is 16.0 Å². The highest BCUT2D eigenvalue weighted by Gasteiger charge is 2.41. The van der Waals surface area contributed by atoms with E-state index in [1.807, 2.05) is 0 Å². The van der Waals surface area contributed by atoms with Crippen molar-refractivity contribution in [2.75, 3.05) is 11.9 Å². The summed E-state index contributed by atoms with van der Waals surface area (Å²) in [6.07, 6.45) is -0.370. The van der Waals surface area contributed by atoms with Gasteiger partial charge in [-0.05, 0) is 30.5 Å². The van der Waals surface area contributed by atoms with E-state index in [2.05, 4.69) is 15.0 Å². The van der Waals surface area contributed by atoms with Gasteiger partial charge in [-0.3, -0.25) is 9.59 Å². The topological polar surface area (TPSA) is 71.5 Å². The molecule has 1 saturated carbocycles. The lowest BCUT2D eigenvalue weighted by molar-refractivity contribution is -0.274. The molecule has 154 valence electrons. The van der Waals surface area contributed by atoms with Crippen molar-refractivity contribution < 1.29 is 27.5 Å². The van der Waals surface area contributed by atoms with Crippen molar-refractivity contribution in [1.82, 2.24) is 9.88 Å². The lowest BCUT2D eigenvalue weighted by Gasteiger charge is -2.14. The maximum atomic E-state index is 12.4. The molecule has 2 fully saturated rings. The van der Waals surface area contributed by atoms with Crippen LogP contribution in [0.25, 0.3) is 0 Å². The smallest absolute Gasteiger partial charge is 0.406 e. The summed E-state index contributed by atoms with van der Waals surface area (Å²) < 4.78 is 40.5. The Labute approximate surface area is 168 Å². The molecule has 2 amide bonds. The predicted molar refractivity (Wildman–Crippen MR) is 99.5 cm³/mol. The lowest BCUT2D eigenvalue weighted by atomic mass is 10.1. The largest absolute Gasteiger partial charge is 0.573 e. The van der Waals surface area contributed by atoms with Gasteiger partial charge in [-0.25, -0.2) is 4.98 Å². The van der Waals surface area contributed by atoms with Gasteiger partial charge in [0, 0.05) is 36.5 Å². The minimum atomic E-state index is -4.72. The van der Waals surface area contributed by atoms with Gasteiger partial charge in [0.25, 0.3) is 0 Å². The van der Waals surface area contributed by atoms with Gasteiger partial charge in [0.15, 0.2) is 5.13 Å². The van der Waals surface area contributed by atoms with Crippen molar-refractivity contribution in [3.63, 3.8) is 0 Å². The number of halogens is 3. The third-order valence-corrected chi connectivity index (χ3v) is 5.75. The van der Waals surface area contributed by atoms with Crippen molar-refractivity contribution >= 4 is 28.3 Å². The van der Waals surface area contributed by atoms with Crippen molar-refractivity contribution in [1.29, 1.82) is 0 Å². The molecule has 1 aliphatic heterocycles. The predicted octanol–water partition coefficient (Wildman–Crippen LogP) is 3.58. The maximum absolute atomic E-state index is 12.4. The van der Waals surface area contributed by atoms with Crippen LogP contribution in [0.3, 0.4) is 0 Å². The summed E-state index contributed by atoms with van der Waals surface area (Å²) in [4.78, 5) is 31.3. The molecule has 0 spiro atoms. The zero-order chi connectivity index (χ0) is 20.6. The molecule has 1 atom stereocenters. The quantitative estimate of drug-likeness (QED) is 0.768. The molecule has 2 aromatic rings. The molecule has 4 rings (SSSR count). The highest BCUT2D eigenvalue weighted by molar-refractivity contribution is 7.15. The summed E-state index contributed by atoms with van der Waals surface area (Å²) in [6.45, 7) is 0.458. The van der Waals surface area contributed by atoms with Crippen LogP contribution in [0.4, 0.5) is 18.3 Å². The van der Waals surface area contributed by atoms with Crippen LogP contribution in [-0.4, -0.2) is 40.6 Å². The number of likely N-dealkylation sites (tertiary alicyclic amines) is 1. The normalized spacial score (nSPS) is 19.5. The third kappa shape index (κ3) is 5.06. The minimum Gasteiger partial charge on any atom is -0.406 e. The summed E-state index contributed by atoms with van der Waals surface area (Å²) in [6, 6.07) is 5.93. The fraction of sp³-hybridized carbons (Fsp3) is 0.421. The van der Waals surface area contributed by atoms with Gasteiger partial charge in [0.05, 0.1) is 5.92 Å². The molecular weight excluding hydrogens is 407 g/mol. The lowest BCUT2D eigenvalue weighted by Crippen LogP contribution is -2.29.